The van der Waals surface area contributed by atoms with Crippen LogP contribution in [0.15, 0.2) is 0 Å². The number of amides is 1. The Balaban J connectivity index is 1.51. The first kappa shape index (κ1) is 12.4. The summed E-state index contributed by atoms with van der Waals surface area (Å²) in [7, 11) is 0. The number of rotatable bonds is 7. The second kappa shape index (κ2) is 5.49. The standard InChI is InChI=1S/C12H20N2O3/c15-11(14-8-3-4-8)2-1-7-13-10-6-5-9(10)12(16)17/h8-10,13H,1-7H2,(H,14,15)(H,16,17). The lowest BCUT2D eigenvalue weighted by molar-refractivity contribution is -0.146. The molecule has 0 saturated heterocycles. The minimum atomic E-state index is -0.708. The third-order valence-electron chi connectivity index (χ3n) is 3.52. The van der Waals surface area contributed by atoms with Crippen molar-refractivity contribution in [1.82, 2.24) is 10.6 Å². The quantitative estimate of drug-likeness (QED) is 0.566. The smallest absolute Gasteiger partial charge is 0.308 e. The van der Waals surface area contributed by atoms with E-state index in [0.717, 1.165) is 38.6 Å². The highest BCUT2D eigenvalue weighted by Gasteiger charge is 2.35. The molecule has 2 saturated carbocycles. The minimum Gasteiger partial charge on any atom is -0.481 e. The van der Waals surface area contributed by atoms with Gasteiger partial charge in [-0.05, 0) is 38.6 Å². The van der Waals surface area contributed by atoms with Gasteiger partial charge in [0.25, 0.3) is 0 Å². The van der Waals surface area contributed by atoms with Crippen LogP contribution in [0.2, 0.25) is 0 Å². The maximum atomic E-state index is 11.4. The van der Waals surface area contributed by atoms with Crippen LogP contribution in [0.25, 0.3) is 0 Å². The normalized spacial score (nSPS) is 27.3. The molecule has 2 atom stereocenters. The van der Waals surface area contributed by atoms with Crippen LogP contribution in [-0.2, 0) is 9.59 Å². The molecular formula is C12H20N2O3. The molecule has 0 aromatic heterocycles. The monoisotopic (exact) mass is 240 g/mol. The lowest BCUT2D eigenvalue weighted by Gasteiger charge is -2.34. The molecule has 2 unspecified atom stereocenters. The van der Waals surface area contributed by atoms with Crippen LogP contribution in [-0.4, -0.2) is 35.6 Å². The van der Waals surface area contributed by atoms with Gasteiger partial charge >= 0.3 is 5.97 Å². The lowest BCUT2D eigenvalue weighted by Crippen LogP contribution is -2.48. The van der Waals surface area contributed by atoms with E-state index < -0.39 is 5.97 Å². The summed E-state index contributed by atoms with van der Waals surface area (Å²) in [5.41, 5.74) is 0. The molecule has 0 aromatic rings. The van der Waals surface area contributed by atoms with Crippen molar-refractivity contribution >= 4 is 11.9 Å². The highest BCUT2D eigenvalue weighted by Crippen LogP contribution is 2.27. The maximum absolute atomic E-state index is 11.4. The number of nitrogens with one attached hydrogen (secondary N) is 2. The number of carboxylic acid groups (broad SMARTS) is 1. The summed E-state index contributed by atoms with van der Waals surface area (Å²) in [5.74, 6) is -0.812. The lowest BCUT2D eigenvalue weighted by atomic mass is 9.79. The van der Waals surface area contributed by atoms with Gasteiger partial charge in [-0.1, -0.05) is 0 Å². The number of carbonyl (C=O) groups is 2. The summed E-state index contributed by atoms with van der Waals surface area (Å²) in [5, 5.41) is 15.0. The van der Waals surface area contributed by atoms with E-state index in [1.54, 1.807) is 0 Å². The largest absolute Gasteiger partial charge is 0.481 e. The van der Waals surface area contributed by atoms with Crippen molar-refractivity contribution in [2.24, 2.45) is 5.92 Å². The molecule has 2 rings (SSSR count). The van der Waals surface area contributed by atoms with Crippen molar-refractivity contribution < 1.29 is 14.7 Å². The molecule has 0 aromatic carbocycles. The Morgan fingerprint density at radius 1 is 1.18 bits per heavy atom. The molecule has 0 aliphatic heterocycles. The first-order valence-electron chi connectivity index (χ1n) is 6.42. The minimum absolute atomic E-state index is 0.110. The first-order chi connectivity index (χ1) is 8.16. The van der Waals surface area contributed by atoms with Gasteiger partial charge in [-0.3, -0.25) is 9.59 Å². The third-order valence-corrected chi connectivity index (χ3v) is 3.52. The zero-order valence-corrected chi connectivity index (χ0v) is 9.95. The van der Waals surface area contributed by atoms with E-state index in [1.807, 2.05) is 0 Å². The zero-order valence-electron chi connectivity index (χ0n) is 9.95. The molecule has 0 heterocycles. The predicted octanol–water partition coefficient (Wildman–Crippen LogP) is 0.498. The van der Waals surface area contributed by atoms with Crippen LogP contribution in [0.5, 0.6) is 0 Å². The van der Waals surface area contributed by atoms with Crippen LogP contribution in [0.4, 0.5) is 0 Å². The molecule has 0 bridgehead atoms. The van der Waals surface area contributed by atoms with Crippen molar-refractivity contribution in [3.63, 3.8) is 0 Å². The summed E-state index contributed by atoms with van der Waals surface area (Å²) in [6.45, 7) is 0.729. The third kappa shape index (κ3) is 3.70. The highest BCUT2D eigenvalue weighted by molar-refractivity contribution is 5.76. The fourth-order valence-corrected chi connectivity index (χ4v) is 2.10. The number of hydrogen-bond donors (Lipinski definition) is 3. The van der Waals surface area contributed by atoms with Crippen LogP contribution >= 0.6 is 0 Å². The summed E-state index contributed by atoms with van der Waals surface area (Å²) in [4.78, 5) is 22.1. The van der Waals surface area contributed by atoms with Gasteiger partial charge in [-0.25, -0.2) is 0 Å². The second-order valence-electron chi connectivity index (χ2n) is 5.03. The van der Waals surface area contributed by atoms with Gasteiger partial charge < -0.3 is 15.7 Å². The highest BCUT2D eigenvalue weighted by atomic mass is 16.4. The topological polar surface area (TPSA) is 78.4 Å². The molecule has 17 heavy (non-hydrogen) atoms. The number of hydrogen-bond acceptors (Lipinski definition) is 3. The first-order valence-corrected chi connectivity index (χ1v) is 6.42. The Kier molecular flexibility index (Phi) is 3.99. The number of carbonyl (C=O) groups excluding carboxylic acids is 1. The summed E-state index contributed by atoms with van der Waals surface area (Å²) in [6, 6.07) is 0.539. The Hall–Kier alpha value is -1.10. The molecule has 96 valence electrons. The van der Waals surface area contributed by atoms with Crippen LogP contribution < -0.4 is 10.6 Å². The molecule has 2 aliphatic carbocycles. The van der Waals surface area contributed by atoms with Gasteiger partial charge in [-0.2, -0.15) is 0 Å². The predicted molar refractivity (Wildman–Crippen MR) is 62.5 cm³/mol. The molecule has 5 heteroatoms. The van der Waals surface area contributed by atoms with Crippen molar-refractivity contribution in [2.75, 3.05) is 6.54 Å². The summed E-state index contributed by atoms with van der Waals surface area (Å²) < 4.78 is 0. The van der Waals surface area contributed by atoms with E-state index in [2.05, 4.69) is 10.6 Å². The van der Waals surface area contributed by atoms with Crippen molar-refractivity contribution in [3.05, 3.63) is 0 Å². The summed E-state index contributed by atoms with van der Waals surface area (Å²) >= 11 is 0. The van der Waals surface area contributed by atoms with E-state index in [4.69, 9.17) is 5.11 Å². The van der Waals surface area contributed by atoms with Gasteiger partial charge in [0.15, 0.2) is 0 Å². The SMILES string of the molecule is O=C(CCCNC1CCC1C(=O)O)NC1CC1. The molecule has 0 spiro atoms. The Morgan fingerprint density at radius 2 is 1.94 bits per heavy atom. The van der Waals surface area contributed by atoms with Crippen molar-refractivity contribution in [2.45, 2.75) is 50.6 Å². The maximum Gasteiger partial charge on any atom is 0.308 e. The molecule has 2 aliphatic rings. The van der Waals surface area contributed by atoms with Crippen LogP contribution in [0.1, 0.15) is 38.5 Å². The number of carboxylic acids is 1. The molecular weight excluding hydrogens is 220 g/mol. The van der Waals surface area contributed by atoms with E-state index in [9.17, 15) is 9.59 Å². The zero-order chi connectivity index (χ0) is 12.3. The van der Waals surface area contributed by atoms with E-state index in [0.29, 0.717) is 12.5 Å². The van der Waals surface area contributed by atoms with Crippen molar-refractivity contribution in [3.8, 4) is 0 Å². The van der Waals surface area contributed by atoms with Gasteiger partial charge in [0, 0.05) is 18.5 Å². The average molecular weight is 240 g/mol. The molecule has 0 radical (unpaired) electrons. The van der Waals surface area contributed by atoms with Gasteiger partial charge in [0.05, 0.1) is 5.92 Å². The molecule has 5 nitrogen and oxygen atoms in total. The Labute approximate surface area is 101 Å². The van der Waals surface area contributed by atoms with Crippen LogP contribution in [0.3, 0.4) is 0 Å². The fraction of sp³-hybridized carbons (Fsp3) is 0.833. The van der Waals surface area contributed by atoms with Crippen LogP contribution in [0, 0.1) is 5.92 Å². The fourth-order valence-electron chi connectivity index (χ4n) is 2.10. The Bertz CT molecular complexity index is 302. The number of aliphatic carboxylic acids is 1. The van der Waals surface area contributed by atoms with E-state index in [1.165, 1.54) is 0 Å². The van der Waals surface area contributed by atoms with Gasteiger partial charge in [0.1, 0.15) is 0 Å². The van der Waals surface area contributed by atoms with Crippen molar-refractivity contribution in [1.29, 1.82) is 0 Å². The van der Waals surface area contributed by atoms with Gasteiger partial charge in [-0.15, -0.1) is 0 Å². The summed E-state index contributed by atoms with van der Waals surface area (Å²) in [6.07, 6.45) is 5.26. The molecule has 3 N–H and O–H groups in total. The average Bonchev–Trinajstić information content (AvgIpc) is 2.98. The second-order valence-corrected chi connectivity index (χ2v) is 5.03. The van der Waals surface area contributed by atoms with E-state index >= 15 is 0 Å². The molecule has 1 amide bonds. The Morgan fingerprint density at radius 3 is 2.47 bits per heavy atom. The van der Waals surface area contributed by atoms with E-state index in [-0.39, 0.29) is 17.9 Å². The molecule has 2 fully saturated rings. The van der Waals surface area contributed by atoms with Gasteiger partial charge in [0.2, 0.25) is 5.91 Å².